The Kier molecular flexibility index (Phi) is 6.37. The molecule has 1 aromatic heterocycles. The van der Waals surface area contributed by atoms with E-state index in [-0.39, 0.29) is 5.89 Å². The summed E-state index contributed by atoms with van der Waals surface area (Å²) in [6, 6.07) is 12.7. The highest BCUT2D eigenvalue weighted by atomic mass is 35.5. The fraction of sp³-hybridized carbons (Fsp3) is 0.200. The summed E-state index contributed by atoms with van der Waals surface area (Å²) in [6.45, 7) is 2.65. The molecule has 5 nitrogen and oxygen atoms in total. The molecule has 27 heavy (non-hydrogen) atoms. The Morgan fingerprint density at radius 3 is 2.59 bits per heavy atom. The monoisotopic (exact) mass is 404 g/mol. The standard InChI is InChI=1S/C20H18Cl2N2O3/c1-3-10-26-18-12-13(4-9-17(18)25-2)11-16(22)20-24-23-19(27-20)14-5-7-15(21)8-6-14/h4-9,11-12H,3,10H2,1-2H3/b16-11-. The molecule has 1 heterocycles. The number of methoxy groups -OCH3 is 1. The number of rotatable bonds is 7. The van der Waals surface area contributed by atoms with Gasteiger partial charge in [-0.1, -0.05) is 36.2 Å². The third kappa shape index (κ3) is 4.81. The molecule has 0 fully saturated rings. The second-order valence-corrected chi connectivity index (χ2v) is 6.51. The molecule has 0 bridgehead atoms. The summed E-state index contributed by atoms with van der Waals surface area (Å²) in [7, 11) is 1.60. The van der Waals surface area contributed by atoms with Crippen molar-refractivity contribution >= 4 is 34.3 Å². The third-order valence-electron chi connectivity index (χ3n) is 3.66. The van der Waals surface area contributed by atoms with E-state index in [0.29, 0.717) is 34.1 Å². The smallest absolute Gasteiger partial charge is 0.259 e. The van der Waals surface area contributed by atoms with E-state index in [1.165, 1.54) is 0 Å². The van der Waals surface area contributed by atoms with Gasteiger partial charge in [0, 0.05) is 10.6 Å². The molecule has 3 aromatic rings. The number of aromatic nitrogens is 2. The maximum Gasteiger partial charge on any atom is 0.259 e. The fourth-order valence-corrected chi connectivity index (χ4v) is 2.67. The van der Waals surface area contributed by atoms with Gasteiger partial charge in [-0.2, -0.15) is 0 Å². The van der Waals surface area contributed by atoms with Gasteiger partial charge < -0.3 is 13.9 Å². The molecule has 0 saturated heterocycles. The molecule has 2 aromatic carbocycles. The third-order valence-corrected chi connectivity index (χ3v) is 4.19. The molecular formula is C20H18Cl2N2O3. The first-order chi connectivity index (χ1) is 13.1. The maximum absolute atomic E-state index is 6.37. The predicted molar refractivity (Wildman–Crippen MR) is 107 cm³/mol. The van der Waals surface area contributed by atoms with Crippen molar-refractivity contribution in [1.82, 2.24) is 10.2 Å². The quantitative estimate of drug-likeness (QED) is 0.488. The van der Waals surface area contributed by atoms with Gasteiger partial charge >= 0.3 is 0 Å². The second kappa shape index (κ2) is 8.93. The van der Waals surface area contributed by atoms with Gasteiger partial charge in [-0.25, -0.2) is 0 Å². The van der Waals surface area contributed by atoms with Gasteiger partial charge in [0.1, 0.15) is 5.03 Å². The van der Waals surface area contributed by atoms with E-state index >= 15 is 0 Å². The zero-order valence-corrected chi connectivity index (χ0v) is 16.4. The molecular weight excluding hydrogens is 387 g/mol. The topological polar surface area (TPSA) is 57.4 Å². The van der Waals surface area contributed by atoms with Gasteiger partial charge in [0.2, 0.25) is 5.89 Å². The number of hydrogen-bond donors (Lipinski definition) is 0. The summed E-state index contributed by atoms with van der Waals surface area (Å²) in [4.78, 5) is 0. The summed E-state index contributed by atoms with van der Waals surface area (Å²) < 4.78 is 16.7. The van der Waals surface area contributed by atoms with Crippen molar-refractivity contribution in [3.63, 3.8) is 0 Å². The Morgan fingerprint density at radius 1 is 1.11 bits per heavy atom. The molecule has 0 unspecified atom stereocenters. The van der Waals surface area contributed by atoms with Gasteiger partial charge in [-0.15, -0.1) is 10.2 Å². The summed E-state index contributed by atoms with van der Waals surface area (Å²) in [5.41, 5.74) is 1.60. The van der Waals surface area contributed by atoms with E-state index in [2.05, 4.69) is 10.2 Å². The van der Waals surface area contributed by atoms with Crippen LogP contribution in [-0.2, 0) is 0 Å². The summed E-state index contributed by atoms with van der Waals surface area (Å²) in [6.07, 6.45) is 2.64. The Labute approximate surface area is 167 Å². The SMILES string of the molecule is CCCOc1cc(/C=C(\Cl)c2nnc(-c3ccc(Cl)cc3)o2)ccc1OC. The van der Waals surface area contributed by atoms with Crippen molar-refractivity contribution in [2.45, 2.75) is 13.3 Å². The largest absolute Gasteiger partial charge is 0.493 e. The molecule has 0 amide bonds. The first-order valence-electron chi connectivity index (χ1n) is 8.38. The summed E-state index contributed by atoms with van der Waals surface area (Å²) in [5.74, 6) is 1.92. The van der Waals surface area contributed by atoms with Crippen molar-refractivity contribution < 1.29 is 13.9 Å². The van der Waals surface area contributed by atoms with Gasteiger partial charge in [-0.05, 0) is 54.5 Å². The number of halogens is 2. The first kappa shape index (κ1) is 19.3. The van der Waals surface area contributed by atoms with E-state index in [1.54, 1.807) is 37.5 Å². The maximum atomic E-state index is 6.37. The van der Waals surface area contributed by atoms with E-state index in [1.807, 2.05) is 25.1 Å². The molecule has 0 radical (unpaired) electrons. The number of benzene rings is 2. The lowest BCUT2D eigenvalue weighted by Crippen LogP contribution is -1.98. The molecule has 0 aliphatic carbocycles. The Bertz CT molecular complexity index is 937. The van der Waals surface area contributed by atoms with Crippen molar-refractivity contribution in [3.8, 4) is 23.0 Å². The fourth-order valence-electron chi connectivity index (χ4n) is 2.34. The molecule has 0 aliphatic rings. The molecule has 0 spiro atoms. The van der Waals surface area contributed by atoms with Gasteiger partial charge in [0.05, 0.1) is 13.7 Å². The molecule has 0 saturated carbocycles. The average Bonchev–Trinajstić information content (AvgIpc) is 3.17. The lowest BCUT2D eigenvalue weighted by atomic mass is 10.2. The summed E-state index contributed by atoms with van der Waals surface area (Å²) >= 11 is 12.3. The molecule has 3 rings (SSSR count). The zero-order valence-electron chi connectivity index (χ0n) is 14.9. The van der Waals surface area contributed by atoms with Crippen LogP contribution in [0.3, 0.4) is 0 Å². The number of hydrogen-bond acceptors (Lipinski definition) is 5. The van der Waals surface area contributed by atoms with Crippen LogP contribution in [0, 0.1) is 0 Å². The van der Waals surface area contributed by atoms with Crippen LogP contribution in [0.2, 0.25) is 5.02 Å². The van der Waals surface area contributed by atoms with Crippen molar-refractivity contribution in [2.24, 2.45) is 0 Å². The van der Waals surface area contributed by atoms with Crippen molar-refractivity contribution in [1.29, 1.82) is 0 Å². The van der Waals surface area contributed by atoms with Crippen LogP contribution in [0.15, 0.2) is 46.9 Å². The minimum absolute atomic E-state index is 0.230. The van der Waals surface area contributed by atoms with Crippen molar-refractivity contribution in [2.75, 3.05) is 13.7 Å². The lowest BCUT2D eigenvalue weighted by molar-refractivity contribution is 0.294. The van der Waals surface area contributed by atoms with Crippen LogP contribution in [0.25, 0.3) is 22.6 Å². The van der Waals surface area contributed by atoms with Gasteiger partial charge in [0.15, 0.2) is 11.5 Å². The van der Waals surface area contributed by atoms with E-state index in [0.717, 1.165) is 17.5 Å². The Morgan fingerprint density at radius 2 is 1.89 bits per heavy atom. The lowest BCUT2D eigenvalue weighted by Gasteiger charge is -2.10. The highest BCUT2D eigenvalue weighted by Crippen LogP contribution is 2.31. The van der Waals surface area contributed by atoms with Crippen LogP contribution in [0.4, 0.5) is 0 Å². The number of nitrogens with zero attached hydrogens (tertiary/aromatic N) is 2. The molecule has 0 aliphatic heterocycles. The van der Waals surface area contributed by atoms with Gasteiger partial charge in [-0.3, -0.25) is 0 Å². The Balaban J connectivity index is 1.84. The Hall–Kier alpha value is -2.50. The van der Waals surface area contributed by atoms with Crippen LogP contribution < -0.4 is 9.47 Å². The highest BCUT2D eigenvalue weighted by molar-refractivity contribution is 6.50. The minimum Gasteiger partial charge on any atom is -0.493 e. The molecule has 0 N–H and O–H groups in total. The van der Waals surface area contributed by atoms with E-state index in [4.69, 9.17) is 37.1 Å². The van der Waals surface area contributed by atoms with Crippen molar-refractivity contribution in [3.05, 3.63) is 58.9 Å². The van der Waals surface area contributed by atoms with Crippen LogP contribution in [0.5, 0.6) is 11.5 Å². The minimum atomic E-state index is 0.230. The van der Waals surface area contributed by atoms with Crippen LogP contribution >= 0.6 is 23.2 Å². The second-order valence-electron chi connectivity index (χ2n) is 5.67. The zero-order chi connectivity index (χ0) is 19.2. The van der Waals surface area contributed by atoms with Crippen LogP contribution in [-0.4, -0.2) is 23.9 Å². The molecule has 0 atom stereocenters. The first-order valence-corrected chi connectivity index (χ1v) is 9.14. The van der Waals surface area contributed by atoms with E-state index < -0.39 is 0 Å². The number of ether oxygens (including phenoxy) is 2. The van der Waals surface area contributed by atoms with E-state index in [9.17, 15) is 0 Å². The predicted octanol–water partition coefficient (Wildman–Crippen LogP) is 5.92. The normalized spacial score (nSPS) is 11.5. The van der Waals surface area contributed by atoms with Gasteiger partial charge in [0.25, 0.3) is 5.89 Å². The highest BCUT2D eigenvalue weighted by Gasteiger charge is 2.12. The summed E-state index contributed by atoms with van der Waals surface area (Å²) in [5, 5.41) is 9.01. The molecule has 7 heteroatoms. The molecule has 140 valence electrons. The van der Waals surface area contributed by atoms with Crippen LogP contribution in [0.1, 0.15) is 24.8 Å². The average molecular weight is 405 g/mol.